The molecule has 0 saturated carbocycles. The standard InChI is InChI=1S/C28H43NO2/c1-7-9-11-13-15-17-23(30)26-20(4)19(3)25-21(5)22(6)29-28(25)27(26)24(31)18-16-14-12-10-8-2/h29H,7-18H2,1-6H3. The Morgan fingerprint density at radius 3 is 1.61 bits per heavy atom. The van der Waals surface area contributed by atoms with E-state index in [1.807, 2.05) is 6.92 Å². The van der Waals surface area contributed by atoms with E-state index in [-0.39, 0.29) is 11.6 Å². The third-order valence-corrected chi connectivity index (χ3v) is 6.88. The second-order valence-electron chi connectivity index (χ2n) is 9.30. The number of aromatic nitrogens is 1. The van der Waals surface area contributed by atoms with Crippen molar-refractivity contribution < 1.29 is 9.59 Å². The third kappa shape index (κ3) is 6.08. The van der Waals surface area contributed by atoms with E-state index in [0.29, 0.717) is 24.0 Å². The Bertz CT molecular complexity index is 904. The predicted molar refractivity (Wildman–Crippen MR) is 133 cm³/mol. The number of rotatable bonds is 14. The van der Waals surface area contributed by atoms with E-state index in [1.54, 1.807) is 0 Å². The highest BCUT2D eigenvalue weighted by Gasteiger charge is 2.26. The number of aromatic amines is 1. The quantitative estimate of drug-likeness (QED) is 0.244. The molecule has 1 aromatic carbocycles. The van der Waals surface area contributed by atoms with Crippen molar-refractivity contribution in [1.29, 1.82) is 0 Å². The fourth-order valence-corrected chi connectivity index (χ4v) is 4.72. The molecule has 0 aliphatic rings. The van der Waals surface area contributed by atoms with E-state index in [0.717, 1.165) is 53.4 Å². The van der Waals surface area contributed by atoms with E-state index >= 15 is 0 Å². The second kappa shape index (κ2) is 12.2. The number of hydrogen-bond acceptors (Lipinski definition) is 2. The number of unbranched alkanes of at least 4 members (excludes halogenated alkanes) is 8. The van der Waals surface area contributed by atoms with Gasteiger partial charge >= 0.3 is 0 Å². The molecule has 0 unspecified atom stereocenters. The van der Waals surface area contributed by atoms with Gasteiger partial charge in [-0.25, -0.2) is 0 Å². The molecule has 31 heavy (non-hydrogen) atoms. The van der Waals surface area contributed by atoms with E-state index in [2.05, 4.69) is 39.6 Å². The highest BCUT2D eigenvalue weighted by atomic mass is 16.1. The largest absolute Gasteiger partial charge is 0.358 e. The molecule has 2 rings (SSSR count). The second-order valence-corrected chi connectivity index (χ2v) is 9.30. The summed E-state index contributed by atoms with van der Waals surface area (Å²) in [7, 11) is 0. The molecule has 0 atom stereocenters. The molecule has 1 N–H and O–H groups in total. The highest BCUT2D eigenvalue weighted by Crippen LogP contribution is 2.35. The number of nitrogens with one attached hydrogen (secondary N) is 1. The maximum absolute atomic E-state index is 13.4. The van der Waals surface area contributed by atoms with Crippen LogP contribution < -0.4 is 0 Å². The Morgan fingerprint density at radius 1 is 0.613 bits per heavy atom. The lowest BCUT2D eigenvalue weighted by molar-refractivity contribution is 0.0946. The minimum atomic E-state index is 0.125. The molecule has 0 spiro atoms. The average Bonchev–Trinajstić information content (AvgIpc) is 3.04. The first kappa shape index (κ1) is 25.4. The van der Waals surface area contributed by atoms with E-state index in [9.17, 15) is 9.59 Å². The number of benzene rings is 1. The summed E-state index contributed by atoms with van der Waals surface area (Å²) in [6.07, 6.45) is 12.2. The van der Waals surface area contributed by atoms with Gasteiger partial charge in [-0.15, -0.1) is 0 Å². The lowest BCUT2D eigenvalue weighted by Crippen LogP contribution is -2.14. The van der Waals surface area contributed by atoms with Crippen LogP contribution in [0, 0.1) is 27.7 Å². The molecule has 1 aromatic heterocycles. The van der Waals surface area contributed by atoms with Gasteiger partial charge in [-0.2, -0.15) is 0 Å². The SMILES string of the molecule is CCCCCCCC(=O)c1c(C)c(C)c2c(C)c(C)[nH]c2c1C(=O)CCCCCCC. The molecular formula is C28H43NO2. The smallest absolute Gasteiger partial charge is 0.165 e. The van der Waals surface area contributed by atoms with Crippen LogP contribution in [0.5, 0.6) is 0 Å². The third-order valence-electron chi connectivity index (χ3n) is 6.88. The van der Waals surface area contributed by atoms with Crippen molar-refractivity contribution in [2.45, 2.75) is 119 Å². The first-order chi connectivity index (χ1) is 14.8. The zero-order valence-electron chi connectivity index (χ0n) is 20.8. The number of Topliss-reactive ketones (excluding diaryl/α,β-unsaturated/α-hetero) is 2. The van der Waals surface area contributed by atoms with Gasteiger partial charge < -0.3 is 4.98 Å². The Hall–Kier alpha value is -1.90. The van der Waals surface area contributed by atoms with Gasteiger partial charge in [-0.05, 0) is 57.2 Å². The molecule has 0 saturated heterocycles. The van der Waals surface area contributed by atoms with Crippen LogP contribution in [0.3, 0.4) is 0 Å². The number of carbonyl (C=O) groups excluding carboxylic acids is 2. The average molecular weight is 426 g/mol. The van der Waals surface area contributed by atoms with Gasteiger partial charge in [0, 0.05) is 29.5 Å². The topological polar surface area (TPSA) is 49.9 Å². The summed E-state index contributed by atoms with van der Waals surface area (Å²) < 4.78 is 0. The van der Waals surface area contributed by atoms with Gasteiger partial charge in [0.05, 0.1) is 11.1 Å². The molecule has 3 nitrogen and oxygen atoms in total. The van der Waals surface area contributed by atoms with Crippen LogP contribution in [0.4, 0.5) is 0 Å². The first-order valence-electron chi connectivity index (χ1n) is 12.5. The van der Waals surface area contributed by atoms with Crippen molar-refractivity contribution >= 4 is 22.5 Å². The Labute approximate surface area is 189 Å². The maximum Gasteiger partial charge on any atom is 0.165 e. The molecule has 1 heterocycles. The number of fused-ring (bicyclic) bond motifs is 1. The van der Waals surface area contributed by atoms with Crippen molar-refractivity contribution in [2.24, 2.45) is 0 Å². The van der Waals surface area contributed by atoms with Crippen LogP contribution in [-0.2, 0) is 0 Å². The summed E-state index contributed by atoms with van der Waals surface area (Å²) in [6.45, 7) is 12.7. The van der Waals surface area contributed by atoms with Crippen LogP contribution in [0.2, 0.25) is 0 Å². The van der Waals surface area contributed by atoms with Crippen molar-refractivity contribution in [3.05, 3.63) is 33.5 Å². The van der Waals surface area contributed by atoms with Crippen molar-refractivity contribution in [3.63, 3.8) is 0 Å². The summed E-state index contributed by atoms with van der Waals surface area (Å²) >= 11 is 0. The summed E-state index contributed by atoms with van der Waals surface area (Å²) in [5.74, 6) is 0.262. The summed E-state index contributed by atoms with van der Waals surface area (Å²) in [6, 6.07) is 0. The molecule has 3 heteroatoms. The summed E-state index contributed by atoms with van der Waals surface area (Å²) in [5.41, 5.74) is 6.60. The van der Waals surface area contributed by atoms with Gasteiger partial charge in [-0.3, -0.25) is 9.59 Å². The molecule has 172 valence electrons. The van der Waals surface area contributed by atoms with Crippen LogP contribution in [0.1, 0.15) is 134 Å². The molecule has 0 aliphatic carbocycles. The lowest BCUT2D eigenvalue weighted by atomic mass is 9.86. The van der Waals surface area contributed by atoms with Crippen LogP contribution in [-0.4, -0.2) is 16.6 Å². The zero-order valence-corrected chi connectivity index (χ0v) is 20.8. The monoisotopic (exact) mass is 425 g/mol. The van der Waals surface area contributed by atoms with E-state index < -0.39 is 0 Å². The van der Waals surface area contributed by atoms with Gasteiger partial charge in [0.15, 0.2) is 11.6 Å². The zero-order chi connectivity index (χ0) is 23.0. The molecular weight excluding hydrogens is 382 g/mol. The van der Waals surface area contributed by atoms with Crippen LogP contribution in [0.25, 0.3) is 10.9 Å². The Balaban J connectivity index is 2.39. The number of ketones is 2. The maximum atomic E-state index is 13.4. The van der Waals surface area contributed by atoms with Gasteiger partial charge in [0.1, 0.15) is 0 Å². The molecule has 0 aliphatic heterocycles. The molecule has 0 fully saturated rings. The summed E-state index contributed by atoms with van der Waals surface area (Å²) in [4.78, 5) is 30.3. The minimum Gasteiger partial charge on any atom is -0.358 e. The van der Waals surface area contributed by atoms with Crippen LogP contribution in [0.15, 0.2) is 0 Å². The van der Waals surface area contributed by atoms with Crippen molar-refractivity contribution in [2.75, 3.05) is 0 Å². The van der Waals surface area contributed by atoms with Crippen LogP contribution >= 0.6 is 0 Å². The van der Waals surface area contributed by atoms with Gasteiger partial charge in [0.2, 0.25) is 0 Å². The van der Waals surface area contributed by atoms with Gasteiger partial charge in [0.25, 0.3) is 0 Å². The number of carbonyl (C=O) groups is 2. The normalized spacial score (nSPS) is 11.4. The predicted octanol–water partition coefficient (Wildman–Crippen LogP) is 8.49. The lowest BCUT2D eigenvalue weighted by Gasteiger charge is -2.16. The van der Waals surface area contributed by atoms with E-state index in [1.165, 1.54) is 44.1 Å². The van der Waals surface area contributed by atoms with Crippen molar-refractivity contribution in [1.82, 2.24) is 4.98 Å². The minimum absolute atomic E-state index is 0.125. The highest BCUT2D eigenvalue weighted by molar-refractivity contribution is 6.18. The number of hydrogen-bond donors (Lipinski definition) is 1. The molecule has 0 bridgehead atoms. The molecule has 2 aromatic rings. The molecule has 0 amide bonds. The fourth-order valence-electron chi connectivity index (χ4n) is 4.72. The number of aryl methyl sites for hydroxylation is 3. The number of H-pyrrole nitrogens is 1. The fraction of sp³-hybridized carbons (Fsp3) is 0.643. The summed E-state index contributed by atoms with van der Waals surface area (Å²) in [5, 5.41) is 1.13. The first-order valence-corrected chi connectivity index (χ1v) is 12.5. The Kier molecular flexibility index (Phi) is 9.99. The van der Waals surface area contributed by atoms with Gasteiger partial charge in [-0.1, -0.05) is 65.2 Å². The van der Waals surface area contributed by atoms with E-state index in [4.69, 9.17) is 0 Å². The Morgan fingerprint density at radius 2 is 1.10 bits per heavy atom. The molecule has 0 radical (unpaired) electrons. The van der Waals surface area contributed by atoms with Crippen molar-refractivity contribution in [3.8, 4) is 0 Å².